The summed E-state index contributed by atoms with van der Waals surface area (Å²) in [5.74, 6) is 1.10. The fourth-order valence-electron chi connectivity index (χ4n) is 1.79. The van der Waals surface area contributed by atoms with Crippen LogP contribution in [0, 0.1) is 0 Å². The van der Waals surface area contributed by atoms with Crippen molar-refractivity contribution in [3.63, 3.8) is 0 Å². The molecule has 0 saturated heterocycles. The molecule has 1 unspecified atom stereocenters. The van der Waals surface area contributed by atoms with Crippen LogP contribution in [0.2, 0.25) is 0 Å². The molecule has 1 aromatic rings. The molecule has 98 valence electrons. The molecule has 17 heavy (non-hydrogen) atoms. The molecule has 0 aromatic carbocycles. The molecule has 1 aromatic heterocycles. The minimum absolute atomic E-state index is 0.440. The van der Waals surface area contributed by atoms with Crippen LogP contribution in [0.1, 0.15) is 76.6 Å². The van der Waals surface area contributed by atoms with E-state index < -0.39 is 6.10 Å². The summed E-state index contributed by atoms with van der Waals surface area (Å²) in [4.78, 5) is 4.22. The molecule has 0 aliphatic carbocycles. The second-order valence-corrected chi connectivity index (χ2v) is 4.52. The maximum absolute atomic E-state index is 9.69. The Bertz CT molecular complexity index is 299. The average molecular weight is 240 g/mol. The Labute approximate surface area is 103 Å². The summed E-state index contributed by atoms with van der Waals surface area (Å²) in [5, 5.41) is 13.5. The molecule has 0 spiro atoms. The van der Waals surface area contributed by atoms with Crippen LogP contribution in [-0.4, -0.2) is 15.2 Å². The number of rotatable bonds is 9. The molecule has 0 radical (unpaired) electrons. The van der Waals surface area contributed by atoms with E-state index in [9.17, 15) is 5.11 Å². The van der Waals surface area contributed by atoms with Gasteiger partial charge in [0, 0.05) is 6.42 Å². The lowest BCUT2D eigenvalue weighted by atomic mass is 10.1. The second kappa shape index (κ2) is 8.23. The normalized spacial score (nSPS) is 12.9. The van der Waals surface area contributed by atoms with E-state index in [2.05, 4.69) is 17.1 Å². The molecule has 0 bridgehead atoms. The lowest BCUT2D eigenvalue weighted by Gasteiger charge is -2.01. The number of hydrogen-bond acceptors (Lipinski definition) is 4. The number of aryl methyl sites for hydroxylation is 1. The van der Waals surface area contributed by atoms with Crippen molar-refractivity contribution in [1.29, 1.82) is 0 Å². The summed E-state index contributed by atoms with van der Waals surface area (Å²) >= 11 is 0. The number of hydrogen-bond donors (Lipinski definition) is 1. The third kappa shape index (κ3) is 5.31. The standard InChI is InChI=1S/C13H24N2O2/c1-3-5-6-7-8-10-12-14-13(15-17-12)11(16)9-4-2/h11,16H,3-10H2,1-2H3. The first-order chi connectivity index (χ1) is 8.27. The van der Waals surface area contributed by atoms with Gasteiger partial charge in [-0.05, 0) is 12.8 Å². The highest BCUT2D eigenvalue weighted by molar-refractivity contribution is 4.90. The molecular formula is C13H24N2O2. The minimum atomic E-state index is -0.572. The number of aliphatic hydroxyl groups is 1. The van der Waals surface area contributed by atoms with Gasteiger partial charge >= 0.3 is 0 Å². The van der Waals surface area contributed by atoms with Crippen LogP contribution in [0.4, 0.5) is 0 Å². The Morgan fingerprint density at radius 3 is 2.59 bits per heavy atom. The van der Waals surface area contributed by atoms with Crippen molar-refractivity contribution >= 4 is 0 Å². The second-order valence-electron chi connectivity index (χ2n) is 4.52. The third-order valence-corrected chi connectivity index (χ3v) is 2.84. The van der Waals surface area contributed by atoms with Gasteiger partial charge in [-0.15, -0.1) is 0 Å². The Hall–Kier alpha value is -0.900. The van der Waals surface area contributed by atoms with Gasteiger partial charge in [0.2, 0.25) is 5.89 Å². The fourth-order valence-corrected chi connectivity index (χ4v) is 1.79. The van der Waals surface area contributed by atoms with E-state index in [1.54, 1.807) is 0 Å². The smallest absolute Gasteiger partial charge is 0.226 e. The topological polar surface area (TPSA) is 59.2 Å². The predicted molar refractivity (Wildman–Crippen MR) is 66.6 cm³/mol. The summed E-state index contributed by atoms with van der Waals surface area (Å²) < 4.78 is 5.12. The molecule has 1 atom stereocenters. The highest BCUT2D eigenvalue weighted by atomic mass is 16.5. The van der Waals surface area contributed by atoms with Crippen molar-refractivity contribution in [3.8, 4) is 0 Å². The molecule has 1 heterocycles. The summed E-state index contributed by atoms with van der Waals surface area (Å²) in [6.45, 7) is 4.23. The van der Waals surface area contributed by atoms with Gasteiger partial charge in [-0.3, -0.25) is 0 Å². The van der Waals surface area contributed by atoms with Gasteiger partial charge in [-0.1, -0.05) is 51.1 Å². The monoisotopic (exact) mass is 240 g/mol. The maximum Gasteiger partial charge on any atom is 0.226 e. The van der Waals surface area contributed by atoms with Crippen molar-refractivity contribution in [2.45, 2.75) is 71.3 Å². The van der Waals surface area contributed by atoms with E-state index in [4.69, 9.17) is 4.52 Å². The fraction of sp³-hybridized carbons (Fsp3) is 0.846. The summed E-state index contributed by atoms with van der Waals surface area (Å²) in [7, 11) is 0. The Balaban J connectivity index is 2.25. The maximum atomic E-state index is 9.69. The number of aliphatic hydroxyl groups excluding tert-OH is 1. The average Bonchev–Trinajstić information content (AvgIpc) is 2.78. The zero-order valence-electron chi connectivity index (χ0n) is 11.0. The van der Waals surface area contributed by atoms with Crippen molar-refractivity contribution in [1.82, 2.24) is 10.1 Å². The summed E-state index contributed by atoms with van der Waals surface area (Å²) in [6, 6.07) is 0. The molecule has 0 amide bonds. The van der Waals surface area contributed by atoms with E-state index in [-0.39, 0.29) is 0 Å². The highest BCUT2D eigenvalue weighted by Crippen LogP contribution is 2.15. The molecule has 0 aliphatic rings. The Morgan fingerprint density at radius 1 is 1.12 bits per heavy atom. The molecule has 1 rings (SSSR count). The van der Waals surface area contributed by atoms with E-state index in [0.717, 1.165) is 19.3 Å². The zero-order chi connectivity index (χ0) is 12.5. The number of aromatic nitrogens is 2. The van der Waals surface area contributed by atoms with Crippen LogP contribution in [-0.2, 0) is 6.42 Å². The lowest BCUT2D eigenvalue weighted by molar-refractivity contribution is 0.152. The minimum Gasteiger partial charge on any atom is -0.385 e. The van der Waals surface area contributed by atoms with Gasteiger partial charge in [-0.2, -0.15) is 4.98 Å². The van der Waals surface area contributed by atoms with E-state index in [1.807, 2.05) is 6.92 Å². The van der Waals surface area contributed by atoms with Crippen LogP contribution >= 0.6 is 0 Å². The van der Waals surface area contributed by atoms with Gasteiger partial charge in [0.1, 0.15) is 6.10 Å². The highest BCUT2D eigenvalue weighted by Gasteiger charge is 2.14. The molecule has 1 N–H and O–H groups in total. The van der Waals surface area contributed by atoms with Gasteiger partial charge in [0.15, 0.2) is 5.82 Å². The van der Waals surface area contributed by atoms with Gasteiger partial charge in [0.25, 0.3) is 0 Å². The van der Waals surface area contributed by atoms with Crippen LogP contribution in [0.25, 0.3) is 0 Å². The first-order valence-corrected chi connectivity index (χ1v) is 6.78. The SMILES string of the molecule is CCCCCCCc1nc(C(O)CCC)no1. The molecular weight excluding hydrogens is 216 g/mol. The molecule has 0 fully saturated rings. The molecule has 0 saturated carbocycles. The van der Waals surface area contributed by atoms with Crippen LogP contribution in [0.5, 0.6) is 0 Å². The van der Waals surface area contributed by atoms with E-state index in [0.29, 0.717) is 18.1 Å². The largest absolute Gasteiger partial charge is 0.385 e. The van der Waals surface area contributed by atoms with Crippen LogP contribution in [0.15, 0.2) is 4.52 Å². The first-order valence-electron chi connectivity index (χ1n) is 6.78. The number of unbranched alkanes of at least 4 members (excludes halogenated alkanes) is 4. The quantitative estimate of drug-likeness (QED) is 0.672. The lowest BCUT2D eigenvalue weighted by Crippen LogP contribution is -1.99. The predicted octanol–water partition coefficient (Wildman–Crippen LogP) is 3.42. The molecule has 4 nitrogen and oxygen atoms in total. The number of nitrogens with zero attached hydrogens (tertiary/aromatic N) is 2. The molecule has 4 heteroatoms. The van der Waals surface area contributed by atoms with Crippen molar-refractivity contribution in [2.75, 3.05) is 0 Å². The van der Waals surface area contributed by atoms with Crippen molar-refractivity contribution in [3.05, 3.63) is 11.7 Å². The molecule has 0 aliphatic heterocycles. The Morgan fingerprint density at radius 2 is 1.88 bits per heavy atom. The van der Waals surface area contributed by atoms with Crippen LogP contribution < -0.4 is 0 Å². The van der Waals surface area contributed by atoms with Crippen LogP contribution in [0.3, 0.4) is 0 Å². The zero-order valence-corrected chi connectivity index (χ0v) is 11.0. The van der Waals surface area contributed by atoms with Gasteiger partial charge in [0.05, 0.1) is 0 Å². The third-order valence-electron chi connectivity index (χ3n) is 2.84. The summed E-state index contributed by atoms with van der Waals surface area (Å²) in [6.07, 6.45) is 7.99. The van der Waals surface area contributed by atoms with Gasteiger partial charge < -0.3 is 9.63 Å². The van der Waals surface area contributed by atoms with Gasteiger partial charge in [-0.25, -0.2) is 0 Å². The Kier molecular flexibility index (Phi) is 6.86. The first kappa shape index (κ1) is 14.2. The van der Waals surface area contributed by atoms with E-state index in [1.165, 1.54) is 25.7 Å². The van der Waals surface area contributed by atoms with E-state index >= 15 is 0 Å². The summed E-state index contributed by atoms with van der Waals surface area (Å²) in [5.41, 5.74) is 0. The van der Waals surface area contributed by atoms with Crippen molar-refractivity contribution < 1.29 is 9.63 Å². The van der Waals surface area contributed by atoms with Crippen molar-refractivity contribution in [2.24, 2.45) is 0 Å².